The number of nitrogens with one attached hydrogen (secondary N) is 1. The van der Waals surface area contributed by atoms with Gasteiger partial charge in [0, 0.05) is 18.3 Å². The summed E-state index contributed by atoms with van der Waals surface area (Å²) in [7, 11) is 0. The van der Waals surface area contributed by atoms with E-state index in [4.69, 9.17) is 5.73 Å². The van der Waals surface area contributed by atoms with Crippen molar-refractivity contribution < 1.29 is 13.6 Å². The first-order valence-electron chi connectivity index (χ1n) is 7.50. The second-order valence-electron chi connectivity index (χ2n) is 6.04. The van der Waals surface area contributed by atoms with Crippen LogP contribution in [0, 0.1) is 23.5 Å². The third-order valence-corrected chi connectivity index (χ3v) is 4.22. The van der Waals surface area contributed by atoms with E-state index in [0.29, 0.717) is 12.5 Å². The predicted molar refractivity (Wildman–Crippen MR) is 78.8 cm³/mol. The Morgan fingerprint density at radius 1 is 1.33 bits per heavy atom. The Kier molecular flexibility index (Phi) is 5.15. The zero-order chi connectivity index (χ0) is 15.4. The number of carbonyl (C=O) groups excluding carboxylic acids is 1. The van der Waals surface area contributed by atoms with Crippen molar-refractivity contribution in [3.8, 4) is 0 Å². The number of benzene rings is 1. The zero-order valence-electron chi connectivity index (χ0n) is 12.3. The maximum atomic E-state index is 13.2. The van der Waals surface area contributed by atoms with Crippen LogP contribution in [0.1, 0.15) is 49.4 Å². The van der Waals surface area contributed by atoms with Gasteiger partial charge in [0.25, 0.3) is 5.91 Å². The quantitative estimate of drug-likeness (QED) is 0.836. The highest BCUT2D eigenvalue weighted by Crippen LogP contribution is 2.30. The van der Waals surface area contributed by atoms with Crippen molar-refractivity contribution in [2.45, 2.75) is 39.0 Å². The number of amides is 1. The highest BCUT2D eigenvalue weighted by molar-refractivity contribution is 5.99. The summed E-state index contributed by atoms with van der Waals surface area (Å²) >= 11 is 0. The van der Waals surface area contributed by atoms with Gasteiger partial charge in [-0.05, 0) is 30.7 Å². The number of rotatable bonds is 4. The molecule has 1 aromatic carbocycles. The maximum Gasteiger partial charge on any atom is 0.253 e. The van der Waals surface area contributed by atoms with Gasteiger partial charge in [-0.2, -0.15) is 0 Å². The molecule has 0 aliphatic heterocycles. The lowest BCUT2D eigenvalue weighted by molar-refractivity contribution is 0.0950. The molecule has 1 aliphatic carbocycles. The molecule has 2 unspecified atom stereocenters. The van der Waals surface area contributed by atoms with Crippen LogP contribution in [0.4, 0.5) is 14.5 Å². The fourth-order valence-corrected chi connectivity index (χ4v) is 3.07. The fourth-order valence-electron chi connectivity index (χ4n) is 3.07. The van der Waals surface area contributed by atoms with E-state index < -0.39 is 17.5 Å². The lowest BCUT2D eigenvalue weighted by Crippen LogP contribution is -2.28. The van der Waals surface area contributed by atoms with Crippen molar-refractivity contribution >= 4 is 11.6 Å². The van der Waals surface area contributed by atoms with Gasteiger partial charge in [-0.1, -0.05) is 26.2 Å². The van der Waals surface area contributed by atoms with E-state index in [-0.39, 0.29) is 11.3 Å². The lowest BCUT2D eigenvalue weighted by atomic mass is 9.81. The molecule has 2 atom stereocenters. The molecular weight excluding hydrogens is 274 g/mol. The lowest BCUT2D eigenvalue weighted by Gasteiger charge is -2.26. The van der Waals surface area contributed by atoms with Crippen LogP contribution in [0.2, 0.25) is 0 Å². The van der Waals surface area contributed by atoms with Crippen LogP contribution in [0.25, 0.3) is 0 Å². The molecule has 3 N–H and O–H groups in total. The average molecular weight is 296 g/mol. The molecule has 0 spiro atoms. The summed E-state index contributed by atoms with van der Waals surface area (Å²) in [6, 6.07) is 1.69. The first-order chi connectivity index (χ1) is 9.97. The largest absolute Gasteiger partial charge is 0.398 e. The van der Waals surface area contributed by atoms with Crippen LogP contribution in [0.5, 0.6) is 0 Å². The summed E-state index contributed by atoms with van der Waals surface area (Å²) < 4.78 is 26.1. The first kappa shape index (κ1) is 15.7. The number of halogens is 2. The number of carbonyl (C=O) groups is 1. The number of nitrogen functional groups attached to an aromatic ring is 1. The van der Waals surface area contributed by atoms with Crippen LogP contribution in [-0.2, 0) is 0 Å². The van der Waals surface area contributed by atoms with Crippen LogP contribution in [0.3, 0.4) is 0 Å². The summed E-state index contributed by atoms with van der Waals surface area (Å²) in [6.45, 7) is 2.79. The Morgan fingerprint density at radius 3 is 2.76 bits per heavy atom. The minimum absolute atomic E-state index is 0.00841. The second-order valence-corrected chi connectivity index (χ2v) is 6.04. The number of anilines is 1. The van der Waals surface area contributed by atoms with Gasteiger partial charge >= 0.3 is 0 Å². The van der Waals surface area contributed by atoms with Gasteiger partial charge < -0.3 is 11.1 Å². The van der Waals surface area contributed by atoms with Crippen molar-refractivity contribution in [1.29, 1.82) is 0 Å². The van der Waals surface area contributed by atoms with Crippen LogP contribution < -0.4 is 11.1 Å². The number of hydrogen-bond acceptors (Lipinski definition) is 2. The van der Waals surface area contributed by atoms with E-state index in [1.165, 1.54) is 25.7 Å². The minimum Gasteiger partial charge on any atom is -0.398 e. The molecule has 1 aromatic rings. The Labute approximate surface area is 123 Å². The fraction of sp³-hybridized carbons (Fsp3) is 0.562. The molecular formula is C16H22F2N2O. The maximum absolute atomic E-state index is 13.2. The standard InChI is InChI=1S/C16H22F2N2O/c1-10-3-2-4-11(7-10)5-6-20-16(21)12-8-13(17)14(18)9-15(12)19/h8-11H,2-7,19H2,1H3,(H,20,21). The van der Waals surface area contributed by atoms with E-state index in [0.717, 1.165) is 24.5 Å². The molecule has 3 nitrogen and oxygen atoms in total. The summed E-state index contributed by atoms with van der Waals surface area (Å²) in [5.41, 5.74) is 5.50. The van der Waals surface area contributed by atoms with Gasteiger partial charge in [-0.25, -0.2) is 8.78 Å². The molecule has 116 valence electrons. The average Bonchev–Trinajstić information content (AvgIpc) is 2.43. The van der Waals surface area contributed by atoms with E-state index in [2.05, 4.69) is 12.2 Å². The van der Waals surface area contributed by atoms with Crippen LogP contribution in [-0.4, -0.2) is 12.5 Å². The molecule has 1 fully saturated rings. The van der Waals surface area contributed by atoms with Gasteiger partial charge in [0.05, 0.1) is 5.56 Å². The Morgan fingerprint density at radius 2 is 2.05 bits per heavy atom. The third-order valence-electron chi connectivity index (χ3n) is 4.22. The SMILES string of the molecule is CC1CCCC(CCNC(=O)c2cc(F)c(F)cc2N)C1. The van der Waals surface area contributed by atoms with Crippen LogP contribution >= 0.6 is 0 Å². The van der Waals surface area contributed by atoms with Gasteiger partial charge in [0.15, 0.2) is 11.6 Å². The van der Waals surface area contributed by atoms with Gasteiger partial charge in [0.1, 0.15) is 0 Å². The highest BCUT2D eigenvalue weighted by Gasteiger charge is 2.19. The predicted octanol–water partition coefficient (Wildman–Crippen LogP) is 3.49. The molecule has 1 amide bonds. The second kappa shape index (κ2) is 6.87. The molecule has 0 heterocycles. The van der Waals surface area contributed by atoms with E-state index in [1.54, 1.807) is 0 Å². The Bertz CT molecular complexity index is 519. The summed E-state index contributed by atoms with van der Waals surface area (Å²) in [5, 5.41) is 2.74. The van der Waals surface area contributed by atoms with Crippen molar-refractivity contribution in [2.75, 3.05) is 12.3 Å². The van der Waals surface area contributed by atoms with E-state index >= 15 is 0 Å². The zero-order valence-corrected chi connectivity index (χ0v) is 12.3. The van der Waals surface area contributed by atoms with Gasteiger partial charge in [-0.15, -0.1) is 0 Å². The number of nitrogens with two attached hydrogens (primary N) is 1. The molecule has 1 aliphatic rings. The van der Waals surface area contributed by atoms with Crippen molar-refractivity contribution in [1.82, 2.24) is 5.32 Å². The van der Waals surface area contributed by atoms with Crippen molar-refractivity contribution in [3.05, 3.63) is 29.3 Å². The van der Waals surface area contributed by atoms with Crippen LogP contribution in [0.15, 0.2) is 12.1 Å². The Balaban J connectivity index is 1.86. The smallest absolute Gasteiger partial charge is 0.253 e. The molecule has 0 aromatic heterocycles. The molecule has 1 saturated carbocycles. The Hall–Kier alpha value is -1.65. The molecule has 21 heavy (non-hydrogen) atoms. The van der Waals surface area contributed by atoms with E-state index in [9.17, 15) is 13.6 Å². The molecule has 2 rings (SSSR count). The third kappa shape index (κ3) is 4.16. The van der Waals surface area contributed by atoms with E-state index in [1.807, 2.05) is 0 Å². The summed E-state index contributed by atoms with van der Waals surface area (Å²) in [6.07, 6.45) is 5.85. The van der Waals surface area contributed by atoms with Crippen molar-refractivity contribution in [2.24, 2.45) is 11.8 Å². The van der Waals surface area contributed by atoms with Gasteiger partial charge in [-0.3, -0.25) is 4.79 Å². The number of hydrogen-bond donors (Lipinski definition) is 2. The molecule has 0 radical (unpaired) electrons. The molecule has 0 bridgehead atoms. The van der Waals surface area contributed by atoms with Crippen molar-refractivity contribution in [3.63, 3.8) is 0 Å². The highest BCUT2D eigenvalue weighted by atomic mass is 19.2. The monoisotopic (exact) mass is 296 g/mol. The first-order valence-corrected chi connectivity index (χ1v) is 7.50. The van der Waals surface area contributed by atoms with Gasteiger partial charge in [0.2, 0.25) is 0 Å². The minimum atomic E-state index is -1.06. The normalized spacial score (nSPS) is 22.0. The summed E-state index contributed by atoms with van der Waals surface area (Å²) in [5.74, 6) is -1.16. The summed E-state index contributed by atoms with van der Waals surface area (Å²) in [4.78, 5) is 12.0. The molecule has 5 heteroatoms. The topological polar surface area (TPSA) is 55.1 Å². The molecule has 0 saturated heterocycles.